The predicted molar refractivity (Wildman–Crippen MR) is 51.5 cm³/mol. The number of nitrogens with zero attached hydrogens (tertiary/aromatic N) is 3. The van der Waals surface area contributed by atoms with Crippen LogP contribution in [0.5, 0.6) is 0 Å². The normalized spacial score (nSPS) is 9.42. The Morgan fingerprint density at radius 1 is 1.75 bits per heavy atom. The van der Waals surface area contributed by atoms with Crippen LogP contribution in [-0.4, -0.2) is 21.5 Å². The van der Waals surface area contributed by atoms with E-state index in [1.165, 1.54) is 5.69 Å². The van der Waals surface area contributed by atoms with E-state index in [1.807, 2.05) is 17.7 Å². The Morgan fingerprint density at radius 3 is 3.17 bits per heavy atom. The molecule has 4 heteroatoms. The summed E-state index contributed by atoms with van der Waals surface area (Å²) in [6, 6.07) is 1.99. The second-order valence-electron chi connectivity index (χ2n) is 2.52. The monoisotopic (exact) mass is 181 g/mol. The van der Waals surface area contributed by atoms with Crippen molar-refractivity contribution < 1.29 is 0 Å². The Kier molecular flexibility index (Phi) is 3.64. The fourth-order valence-electron chi connectivity index (χ4n) is 0.978. The summed E-state index contributed by atoms with van der Waals surface area (Å²) in [7, 11) is 0. The Bertz CT molecular complexity index is 286. The first-order valence-electron chi connectivity index (χ1n) is 3.86. The van der Waals surface area contributed by atoms with Gasteiger partial charge in [-0.2, -0.15) is 5.10 Å². The van der Waals surface area contributed by atoms with Gasteiger partial charge in [0.1, 0.15) is 0 Å². The average Bonchev–Trinajstić information content (AvgIpc) is 2.46. The molecule has 1 rings (SSSR count). The van der Waals surface area contributed by atoms with Crippen molar-refractivity contribution in [2.24, 2.45) is 4.99 Å². The second-order valence-corrected chi connectivity index (χ2v) is 2.70. The number of rotatable bonds is 4. The third-order valence-electron chi connectivity index (χ3n) is 1.63. The summed E-state index contributed by atoms with van der Waals surface area (Å²) < 4.78 is 1.96. The van der Waals surface area contributed by atoms with Gasteiger partial charge in [0.25, 0.3) is 0 Å². The summed E-state index contributed by atoms with van der Waals surface area (Å²) in [5, 5.41) is 6.48. The number of thiocarbonyl (C=S) groups is 1. The van der Waals surface area contributed by atoms with E-state index in [-0.39, 0.29) is 0 Å². The van der Waals surface area contributed by atoms with Crippen LogP contribution >= 0.6 is 12.2 Å². The van der Waals surface area contributed by atoms with Gasteiger partial charge in [-0.1, -0.05) is 0 Å². The van der Waals surface area contributed by atoms with Crippen molar-refractivity contribution in [3.05, 3.63) is 18.0 Å². The summed E-state index contributed by atoms with van der Waals surface area (Å²) in [6.07, 6.45) is 2.77. The fraction of sp³-hybridized carbons (Fsp3) is 0.500. The first kappa shape index (κ1) is 9.10. The third kappa shape index (κ3) is 2.57. The van der Waals surface area contributed by atoms with E-state index in [2.05, 4.69) is 27.5 Å². The van der Waals surface area contributed by atoms with Crippen LogP contribution in [0.4, 0.5) is 0 Å². The quantitative estimate of drug-likeness (QED) is 0.402. The van der Waals surface area contributed by atoms with Gasteiger partial charge >= 0.3 is 0 Å². The minimum absolute atomic E-state index is 0.739. The smallest absolute Gasteiger partial charge is 0.0584 e. The van der Waals surface area contributed by atoms with Gasteiger partial charge in [-0.25, -0.2) is 4.99 Å². The zero-order valence-electron chi connectivity index (χ0n) is 7.03. The van der Waals surface area contributed by atoms with Crippen LogP contribution in [0.2, 0.25) is 0 Å². The lowest BCUT2D eigenvalue weighted by Gasteiger charge is -2.00. The lowest BCUT2D eigenvalue weighted by molar-refractivity contribution is 0.572. The van der Waals surface area contributed by atoms with Crippen molar-refractivity contribution in [2.75, 3.05) is 6.54 Å². The summed E-state index contributed by atoms with van der Waals surface area (Å²) >= 11 is 4.45. The molecule has 0 radical (unpaired) electrons. The van der Waals surface area contributed by atoms with Gasteiger partial charge in [-0.15, -0.1) is 0 Å². The van der Waals surface area contributed by atoms with E-state index >= 15 is 0 Å². The molecular weight excluding hydrogens is 170 g/mol. The Labute approximate surface area is 77.1 Å². The minimum atomic E-state index is 0.739. The Hall–Kier alpha value is -0.990. The molecule has 0 spiro atoms. The zero-order chi connectivity index (χ0) is 8.81. The fourth-order valence-corrected chi connectivity index (χ4v) is 1.07. The highest BCUT2D eigenvalue weighted by Gasteiger charge is 1.94. The van der Waals surface area contributed by atoms with Gasteiger partial charge in [0.15, 0.2) is 0 Å². The number of aryl methyl sites for hydroxylation is 2. The second kappa shape index (κ2) is 4.80. The highest BCUT2D eigenvalue weighted by atomic mass is 32.1. The highest BCUT2D eigenvalue weighted by Crippen LogP contribution is 1.97. The maximum Gasteiger partial charge on any atom is 0.0584 e. The SMILES string of the molecule is Cc1ccnn1CCCN=C=S. The van der Waals surface area contributed by atoms with E-state index in [1.54, 1.807) is 6.20 Å². The van der Waals surface area contributed by atoms with Crippen molar-refractivity contribution in [1.29, 1.82) is 0 Å². The van der Waals surface area contributed by atoms with Crippen LogP contribution in [0, 0.1) is 6.92 Å². The molecule has 3 nitrogen and oxygen atoms in total. The van der Waals surface area contributed by atoms with Gasteiger partial charge in [-0.3, -0.25) is 4.68 Å². The first-order valence-corrected chi connectivity index (χ1v) is 4.27. The molecule has 1 aromatic rings. The van der Waals surface area contributed by atoms with Crippen LogP contribution in [0.1, 0.15) is 12.1 Å². The number of hydrogen-bond donors (Lipinski definition) is 0. The summed E-state index contributed by atoms with van der Waals surface area (Å²) in [6.45, 7) is 3.68. The van der Waals surface area contributed by atoms with Crippen molar-refractivity contribution in [1.82, 2.24) is 9.78 Å². The van der Waals surface area contributed by atoms with Gasteiger partial charge in [0, 0.05) is 18.4 Å². The predicted octanol–water partition coefficient (Wildman–Crippen LogP) is 1.68. The molecule has 0 unspecified atom stereocenters. The lowest BCUT2D eigenvalue weighted by atomic mass is 10.4. The molecule has 0 N–H and O–H groups in total. The van der Waals surface area contributed by atoms with Crippen molar-refractivity contribution in [3.8, 4) is 0 Å². The first-order chi connectivity index (χ1) is 5.84. The molecule has 0 atom stereocenters. The summed E-state index contributed by atoms with van der Waals surface area (Å²) in [5.74, 6) is 0. The van der Waals surface area contributed by atoms with Crippen molar-refractivity contribution in [3.63, 3.8) is 0 Å². The molecule has 0 saturated carbocycles. The third-order valence-corrected chi connectivity index (χ3v) is 1.76. The topological polar surface area (TPSA) is 30.2 Å². The molecule has 12 heavy (non-hydrogen) atoms. The van der Waals surface area contributed by atoms with Crippen molar-refractivity contribution in [2.45, 2.75) is 19.9 Å². The number of aliphatic imine (C=N–C) groups is 1. The van der Waals surface area contributed by atoms with E-state index in [0.29, 0.717) is 0 Å². The Morgan fingerprint density at radius 2 is 2.58 bits per heavy atom. The Balaban J connectivity index is 2.33. The summed E-state index contributed by atoms with van der Waals surface area (Å²) in [4.78, 5) is 3.82. The van der Waals surface area contributed by atoms with Gasteiger partial charge in [-0.05, 0) is 31.6 Å². The molecule has 0 aliphatic rings. The lowest BCUT2D eigenvalue weighted by Crippen LogP contribution is -2.02. The average molecular weight is 181 g/mol. The number of aromatic nitrogens is 2. The molecular formula is C8H11N3S. The van der Waals surface area contributed by atoms with E-state index in [0.717, 1.165) is 19.5 Å². The number of hydrogen-bond acceptors (Lipinski definition) is 3. The van der Waals surface area contributed by atoms with Crippen LogP contribution in [-0.2, 0) is 6.54 Å². The zero-order valence-corrected chi connectivity index (χ0v) is 7.84. The highest BCUT2D eigenvalue weighted by molar-refractivity contribution is 7.78. The van der Waals surface area contributed by atoms with Crippen molar-refractivity contribution >= 4 is 17.4 Å². The van der Waals surface area contributed by atoms with E-state index < -0.39 is 0 Å². The standard InChI is InChI=1S/C8H11N3S/c1-8-3-5-10-11(8)6-2-4-9-7-12/h3,5H,2,4,6H2,1H3. The van der Waals surface area contributed by atoms with Gasteiger partial charge < -0.3 is 0 Å². The van der Waals surface area contributed by atoms with E-state index in [4.69, 9.17) is 0 Å². The molecule has 0 aliphatic heterocycles. The molecule has 1 heterocycles. The summed E-state index contributed by atoms with van der Waals surface area (Å²) in [5.41, 5.74) is 1.18. The van der Waals surface area contributed by atoms with Gasteiger partial charge in [0.05, 0.1) is 11.7 Å². The molecule has 1 aromatic heterocycles. The molecule has 0 saturated heterocycles. The molecule has 0 amide bonds. The molecule has 0 fully saturated rings. The maximum absolute atomic E-state index is 4.45. The van der Waals surface area contributed by atoms with Crippen LogP contribution < -0.4 is 0 Å². The number of isothiocyanates is 1. The maximum atomic E-state index is 4.45. The molecule has 64 valence electrons. The van der Waals surface area contributed by atoms with Crippen LogP contribution in [0.25, 0.3) is 0 Å². The van der Waals surface area contributed by atoms with Gasteiger partial charge in [0.2, 0.25) is 0 Å². The molecule has 0 bridgehead atoms. The minimum Gasteiger partial charge on any atom is -0.270 e. The molecule has 0 aliphatic carbocycles. The van der Waals surface area contributed by atoms with Crippen LogP contribution in [0.15, 0.2) is 17.3 Å². The largest absolute Gasteiger partial charge is 0.270 e. The van der Waals surface area contributed by atoms with E-state index in [9.17, 15) is 0 Å². The molecule has 0 aromatic carbocycles. The van der Waals surface area contributed by atoms with Crippen LogP contribution in [0.3, 0.4) is 0 Å².